The number of allylic oxidation sites excluding steroid dienone is 4. The predicted octanol–water partition coefficient (Wildman–Crippen LogP) is 1.43. The molecule has 1 aliphatic carbocycles. The maximum Gasteiger partial charge on any atom is 0.255 e. The second-order valence-corrected chi connectivity index (χ2v) is 7.69. The third-order valence-corrected chi connectivity index (χ3v) is 5.24. The van der Waals surface area contributed by atoms with E-state index < -0.39 is 35.1 Å². The fourth-order valence-electron chi connectivity index (χ4n) is 3.60. The van der Waals surface area contributed by atoms with Gasteiger partial charge in [0.25, 0.3) is 11.8 Å². The molecule has 0 saturated carbocycles. The van der Waals surface area contributed by atoms with Crippen LogP contribution in [0.15, 0.2) is 71.1 Å². The van der Waals surface area contributed by atoms with Crippen molar-refractivity contribution in [2.75, 3.05) is 26.3 Å². The van der Waals surface area contributed by atoms with Crippen molar-refractivity contribution in [2.24, 2.45) is 10.9 Å². The zero-order chi connectivity index (χ0) is 26.8. The maximum absolute atomic E-state index is 13.4. The van der Waals surface area contributed by atoms with Gasteiger partial charge in [-0.2, -0.15) is 0 Å². The predicted molar refractivity (Wildman–Crippen MR) is 134 cm³/mol. The summed E-state index contributed by atoms with van der Waals surface area (Å²) >= 11 is 0. The smallest absolute Gasteiger partial charge is 0.255 e. The highest BCUT2D eigenvalue weighted by Crippen LogP contribution is 2.32. The van der Waals surface area contributed by atoms with Crippen LogP contribution >= 0.6 is 0 Å². The average molecular weight is 496 g/mol. The summed E-state index contributed by atoms with van der Waals surface area (Å²) in [6, 6.07) is 3.99. The van der Waals surface area contributed by atoms with E-state index in [1.54, 1.807) is 6.92 Å². The van der Waals surface area contributed by atoms with E-state index in [2.05, 4.69) is 22.2 Å². The highest BCUT2D eigenvalue weighted by Gasteiger charge is 2.44. The van der Waals surface area contributed by atoms with Crippen molar-refractivity contribution in [1.29, 1.82) is 0 Å². The second kappa shape index (κ2) is 13.1. The lowest BCUT2D eigenvalue weighted by Crippen LogP contribution is -2.33. The van der Waals surface area contributed by atoms with Gasteiger partial charge >= 0.3 is 0 Å². The molecule has 0 spiro atoms. The molecule has 1 aromatic rings. The van der Waals surface area contributed by atoms with Crippen molar-refractivity contribution < 1.29 is 34.5 Å². The van der Waals surface area contributed by atoms with Gasteiger partial charge in [0.2, 0.25) is 0 Å². The Morgan fingerprint density at radius 2 is 1.72 bits per heavy atom. The molecule has 10 heteroatoms. The van der Waals surface area contributed by atoms with Gasteiger partial charge in [-0.25, -0.2) is 0 Å². The van der Waals surface area contributed by atoms with Crippen LogP contribution in [0.3, 0.4) is 0 Å². The molecule has 0 saturated heterocycles. The van der Waals surface area contributed by atoms with Crippen molar-refractivity contribution in [1.82, 2.24) is 10.6 Å². The van der Waals surface area contributed by atoms with Gasteiger partial charge in [-0.3, -0.25) is 24.2 Å². The number of hydrogen-bond donors (Lipinski definition) is 5. The van der Waals surface area contributed by atoms with Gasteiger partial charge < -0.3 is 26.0 Å². The van der Waals surface area contributed by atoms with Crippen LogP contribution in [0.4, 0.5) is 0 Å². The number of benzene rings is 1. The number of aliphatic hydroxyl groups excluding tert-OH is 3. The van der Waals surface area contributed by atoms with Gasteiger partial charge in [-0.1, -0.05) is 24.8 Å². The van der Waals surface area contributed by atoms with E-state index in [0.29, 0.717) is 0 Å². The minimum Gasteiger partial charge on any atom is -0.505 e. The number of Topliss-reactive ketones (excluding diaryl/α,β-unsaturated/α-hetero) is 2. The molecule has 5 N–H and O–H groups in total. The number of nitrogens with zero attached hydrogens (tertiary/aromatic N) is 1. The van der Waals surface area contributed by atoms with E-state index in [-0.39, 0.29) is 59.9 Å². The molecule has 10 nitrogen and oxygen atoms in total. The fourth-order valence-corrected chi connectivity index (χ4v) is 3.60. The lowest BCUT2D eigenvalue weighted by Gasteiger charge is -2.16. The number of amides is 2. The largest absolute Gasteiger partial charge is 0.505 e. The van der Waals surface area contributed by atoms with Crippen LogP contribution in [0.5, 0.6) is 0 Å². The highest BCUT2D eigenvalue weighted by atomic mass is 16.3. The Kier molecular flexibility index (Phi) is 10.2. The van der Waals surface area contributed by atoms with Gasteiger partial charge in [0.1, 0.15) is 11.6 Å². The highest BCUT2D eigenvalue weighted by molar-refractivity contribution is 6.39. The zero-order valence-electron chi connectivity index (χ0n) is 20.1. The molecule has 0 radical (unpaired) electrons. The van der Waals surface area contributed by atoms with Crippen LogP contribution < -0.4 is 10.6 Å². The van der Waals surface area contributed by atoms with Gasteiger partial charge in [-0.05, 0) is 37.6 Å². The van der Waals surface area contributed by atoms with E-state index in [9.17, 15) is 24.3 Å². The number of aliphatic hydroxyl groups is 3. The van der Waals surface area contributed by atoms with Crippen molar-refractivity contribution in [3.05, 3.63) is 82.8 Å². The average Bonchev–Trinajstić information content (AvgIpc) is 3.11. The molecule has 1 aliphatic rings. The number of ketones is 2. The normalized spacial score (nSPS) is 16.6. The first kappa shape index (κ1) is 28.1. The van der Waals surface area contributed by atoms with Crippen LogP contribution in [0.25, 0.3) is 0 Å². The lowest BCUT2D eigenvalue weighted by atomic mass is 9.92. The Balaban J connectivity index is 2.64. The lowest BCUT2D eigenvalue weighted by molar-refractivity contribution is -0.117. The van der Waals surface area contributed by atoms with E-state index in [1.165, 1.54) is 49.6 Å². The topological polar surface area (TPSA) is 165 Å². The molecule has 1 aromatic carbocycles. The number of nitrogens with one attached hydrogen (secondary N) is 2. The molecule has 1 unspecified atom stereocenters. The van der Waals surface area contributed by atoms with Gasteiger partial charge in [0.05, 0.1) is 18.8 Å². The second-order valence-electron chi connectivity index (χ2n) is 7.69. The number of aliphatic imine (C=N–C) groups is 1. The summed E-state index contributed by atoms with van der Waals surface area (Å²) in [6.07, 6.45) is 5.65. The van der Waals surface area contributed by atoms with E-state index in [1.807, 2.05) is 0 Å². The summed E-state index contributed by atoms with van der Waals surface area (Å²) in [5.41, 5.74) is -0.153. The molecular weight excluding hydrogens is 466 g/mol. The monoisotopic (exact) mass is 495 g/mol. The van der Waals surface area contributed by atoms with Crippen molar-refractivity contribution in [3.63, 3.8) is 0 Å². The Morgan fingerprint density at radius 3 is 2.33 bits per heavy atom. The Hall–Kier alpha value is -4.15. The number of hydrogen-bond acceptors (Lipinski definition) is 8. The Bertz CT molecular complexity index is 1190. The number of carbonyl (C=O) groups excluding carboxylic acids is 4. The van der Waals surface area contributed by atoms with Crippen molar-refractivity contribution >= 4 is 29.1 Å². The van der Waals surface area contributed by atoms with Crippen molar-refractivity contribution in [2.45, 2.75) is 13.8 Å². The molecule has 0 aromatic heterocycles. The molecular formula is C26H29N3O7. The fraction of sp³-hybridized carbons (Fsp3) is 0.269. The van der Waals surface area contributed by atoms with Gasteiger partial charge in [0.15, 0.2) is 17.3 Å². The summed E-state index contributed by atoms with van der Waals surface area (Å²) in [6.45, 7) is 6.08. The van der Waals surface area contributed by atoms with Gasteiger partial charge in [0, 0.05) is 36.0 Å². The first-order valence-electron chi connectivity index (χ1n) is 11.2. The summed E-state index contributed by atoms with van der Waals surface area (Å²) < 4.78 is 0. The van der Waals surface area contributed by atoms with Crippen LogP contribution in [-0.4, -0.2) is 70.7 Å². The quantitative estimate of drug-likeness (QED) is 0.102. The minimum atomic E-state index is -1.55. The first-order chi connectivity index (χ1) is 17.2. The van der Waals surface area contributed by atoms with Crippen molar-refractivity contribution in [3.8, 4) is 0 Å². The molecule has 0 heterocycles. The summed E-state index contributed by atoms with van der Waals surface area (Å²) in [7, 11) is 0. The van der Waals surface area contributed by atoms with E-state index in [0.717, 1.165) is 0 Å². The van der Waals surface area contributed by atoms with Crippen LogP contribution in [-0.2, 0) is 4.79 Å². The number of fused-ring (bicyclic) bond motifs is 1. The number of carbonyl (C=O) groups is 4. The zero-order valence-corrected chi connectivity index (χ0v) is 20.1. The third kappa shape index (κ3) is 6.09. The molecule has 0 aliphatic heterocycles. The van der Waals surface area contributed by atoms with Gasteiger partial charge in [-0.15, -0.1) is 0 Å². The molecule has 1 atom stereocenters. The Morgan fingerprint density at radius 1 is 1.08 bits per heavy atom. The molecule has 0 fully saturated rings. The Labute approximate surface area is 208 Å². The third-order valence-electron chi connectivity index (χ3n) is 5.24. The van der Waals surface area contributed by atoms with E-state index >= 15 is 0 Å². The minimum absolute atomic E-state index is 0.0168. The molecule has 36 heavy (non-hydrogen) atoms. The number of rotatable bonds is 11. The summed E-state index contributed by atoms with van der Waals surface area (Å²) in [4.78, 5) is 55.9. The van der Waals surface area contributed by atoms with Crippen LogP contribution in [0.2, 0.25) is 0 Å². The maximum atomic E-state index is 13.4. The molecule has 0 bridgehead atoms. The summed E-state index contributed by atoms with van der Waals surface area (Å²) in [5, 5.41) is 34.1. The standard InChI is InChI=1S/C26H29N3O7/c1-4-6-15(3)19(26(36)29-11-13-31)24(34)21(27-9-5-2)20-22(32)17-8-7-16(14-18(17)23(20)33)25(35)28-10-12-30/h4-9,14,20,30-31,34H,1,10-13H2,2-3H3,(H,28,35)(H,29,36)/b9-5+,15-6+,24-19-,27-21+. The first-order valence-corrected chi connectivity index (χ1v) is 11.2. The molecule has 190 valence electrons. The van der Waals surface area contributed by atoms with Crippen LogP contribution in [0.1, 0.15) is 44.9 Å². The summed E-state index contributed by atoms with van der Waals surface area (Å²) in [5.74, 6) is -4.85. The van der Waals surface area contributed by atoms with Crippen LogP contribution in [0, 0.1) is 5.92 Å². The molecule has 2 rings (SSSR count). The van der Waals surface area contributed by atoms with E-state index in [4.69, 9.17) is 10.2 Å². The molecule has 2 amide bonds. The SMILES string of the molecule is C=C/C=C(C)/C(C(=O)NCCO)=C(O)\C(=N\C=C\C)C1C(=O)c2ccc(C(=O)NCCO)cc2C1=O.